The molecule has 0 aliphatic rings. The Hall–Kier alpha value is -4.13. The number of hydrogen-bond donors (Lipinski definition) is 1. The van der Waals surface area contributed by atoms with E-state index in [2.05, 4.69) is 10.3 Å². The fourth-order valence-electron chi connectivity index (χ4n) is 3.57. The number of imidazole rings is 1. The zero-order valence-electron chi connectivity index (χ0n) is 18.0. The third-order valence-electron chi connectivity index (χ3n) is 5.24. The number of nitrogens with one attached hydrogen (secondary N) is 1. The van der Waals surface area contributed by atoms with Gasteiger partial charge < -0.3 is 14.8 Å². The van der Waals surface area contributed by atoms with Gasteiger partial charge in [0.2, 0.25) is 5.82 Å². The Morgan fingerprint density at radius 1 is 0.906 bits per heavy atom. The molecule has 4 rings (SSSR count). The summed E-state index contributed by atoms with van der Waals surface area (Å²) in [5.74, 6) is 0.123. The molecule has 0 saturated heterocycles. The molecule has 0 bridgehead atoms. The maximum Gasteiger partial charge on any atom is 0.288 e. The number of aromatic nitrogens is 2. The summed E-state index contributed by atoms with van der Waals surface area (Å²) >= 11 is 0. The van der Waals surface area contributed by atoms with Crippen molar-refractivity contribution in [3.05, 3.63) is 89.7 Å². The zero-order chi connectivity index (χ0) is 22.7. The number of carbonyl (C=O) groups is 2. The van der Waals surface area contributed by atoms with Gasteiger partial charge in [-0.1, -0.05) is 42.5 Å². The molecule has 4 aromatic rings. The molecule has 7 nitrogen and oxygen atoms in total. The van der Waals surface area contributed by atoms with Gasteiger partial charge in [0.05, 0.1) is 31.3 Å². The lowest BCUT2D eigenvalue weighted by molar-refractivity contribution is 0.0889. The van der Waals surface area contributed by atoms with Crippen LogP contribution >= 0.6 is 0 Å². The predicted molar refractivity (Wildman–Crippen MR) is 121 cm³/mol. The second-order valence-corrected chi connectivity index (χ2v) is 7.24. The molecule has 162 valence electrons. The second kappa shape index (κ2) is 8.93. The van der Waals surface area contributed by atoms with Gasteiger partial charge in [0, 0.05) is 5.56 Å². The molecule has 32 heavy (non-hydrogen) atoms. The minimum absolute atomic E-state index is 0.0220. The molecule has 0 spiro atoms. The molecule has 1 amide bonds. The fourth-order valence-corrected chi connectivity index (χ4v) is 3.57. The Labute approximate surface area is 185 Å². The molecular weight excluding hydrogens is 406 g/mol. The first kappa shape index (κ1) is 21.1. The molecule has 1 aromatic heterocycles. The van der Waals surface area contributed by atoms with E-state index in [9.17, 15) is 9.59 Å². The lowest BCUT2D eigenvalue weighted by Crippen LogP contribution is -2.31. The van der Waals surface area contributed by atoms with Crippen LogP contribution in [0.2, 0.25) is 0 Å². The summed E-state index contributed by atoms with van der Waals surface area (Å²) in [5, 5.41) is 2.94. The van der Waals surface area contributed by atoms with E-state index in [-0.39, 0.29) is 11.9 Å². The average Bonchev–Trinajstić information content (AvgIpc) is 3.23. The van der Waals surface area contributed by atoms with Crippen molar-refractivity contribution < 1.29 is 19.1 Å². The lowest BCUT2D eigenvalue weighted by Gasteiger charge is -2.15. The summed E-state index contributed by atoms with van der Waals surface area (Å²) in [6.45, 7) is 1.89. The SMILES string of the molecule is COc1ccc(C(=O)n2c(C(=O)NC(C)c3ccccc3)nc3ccccc32)cc1OC. The van der Waals surface area contributed by atoms with Crippen LogP contribution in [0.15, 0.2) is 72.8 Å². The Bertz CT molecular complexity index is 1280. The van der Waals surface area contributed by atoms with Gasteiger partial charge in [-0.25, -0.2) is 4.98 Å². The number of carbonyl (C=O) groups excluding carboxylic acids is 2. The maximum absolute atomic E-state index is 13.5. The Morgan fingerprint density at radius 3 is 2.31 bits per heavy atom. The van der Waals surface area contributed by atoms with Crippen molar-refractivity contribution in [1.29, 1.82) is 0 Å². The van der Waals surface area contributed by atoms with Crippen molar-refractivity contribution >= 4 is 22.8 Å². The summed E-state index contributed by atoms with van der Waals surface area (Å²) in [7, 11) is 3.03. The van der Waals surface area contributed by atoms with Crippen LogP contribution in [0.3, 0.4) is 0 Å². The van der Waals surface area contributed by atoms with Crippen LogP contribution in [-0.4, -0.2) is 35.6 Å². The van der Waals surface area contributed by atoms with Crippen molar-refractivity contribution in [3.8, 4) is 11.5 Å². The molecule has 0 aliphatic heterocycles. The highest BCUT2D eigenvalue weighted by molar-refractivity contribution is 6.07. The van der Waals surface area contributed by atoms with Crippen LogP contribution in [0.4, 0.5) is 0 Å². The number of benzene rings is 3. The molecule has 1 heterocycles. The molecule has 0 radical (unpaired) electrons. The third kappa shape index (κ3) is 3.92. The minimum Gasteiger partial charge on any atom is -0.493 e. The number of methoxy groups -OCH3 is 2. The highest BCUT2D eigenvalue weighted by Crippen LogP contribution is 2.29. The van der Waals surface area contributed by atoms with Crippen LogP contribution in [0.1, 0.15) is 39.5 Å². The van der Waals surface area contributed by atoms with E-state index in [1.165, 1.54) is 18.8 Å². The van der Waals surface area contributed by atoms with E-state index in [1.807, 2.05) is 43.3 Å². The average molecular weight is 429 g/mol. The number of fused-ring (bicyclic) bond motifs is 1. The van der Waals surface area contributed by atoms with Gasteiger partial charge in [-0.3, -0.25) is 14.2 Å². The van der Waals surface area contributed by atoms with E-state index in [1.54, 1.807) is 36.4 Å². The van der Waals surface area contributed by atoms with Crippen molar-refractivity contribution in [2.45, 2.75) is 13.0 Å². The molecule has 1 unspecified atom stereocenters. The van der Waals surface area contributed by atoms with Gasteiger partial charge >= 0.3 is 0 Å². The van der Waals surface area contributed by atoms with Gasteiger partial charge in [0.1, 0.15) is 0 Å². The number of rotatable bonds is 6. The van der Waals surface area contributed by atoms with Crippen molar-refractivity contribution in [2.24, 2.45) is 0 Å². The van der Waals surface area contributed by atoms with Crippen LogP contribution < -0.4 is 14.8 Å². The summed E-state index contributed by atoms with van der Waals surface area (Å²) in [6.07, 6.45) is 0. The van der Waals surface area contributed by atoms with E-state index < -0.39 is 11.8 Å². The van der Waals surface area contributed by atoms with Crippen molar-refractivity contribution in [3.63, 3.8) is 0 Å². The van der Waals surface area contributed by atoms with Gasteiger partial charge in [-0.2, -0.15) is 0 Å². The largest absolute Gasteiger partial charge is 0.493 e. The van der Waals surface area contributed by atoms with Gasteiger partial charge in [0.25, 0.3) is 11.8 Å². The zero-order valence-corrected chi connectivity index (χ0v) is 18.0. The number of amides is 1. The molecule has 1 N–H and O–H groups in total. The number of nitrogens with zero attached hydrogens (tertiary/aromatic N) is 2. The molecule has 3 aromatic carbocycles. The Morgan fingerprint density at radius 2 is 1.59 bits per heavy atom. The monoisotopic (exact) mass is 429 g/mol. The number of hydrogen-bond acceptors (Lipinski definition) is 5. The molecule has 0 fully saturated rings. The van der Waals surface area contributed by atoms with Crippen molar-refractivity contribution in [1.82, 2.24) is 14.9 Å². The quantitative estimate of drug-likeness (QED) is 0.496. The van der Waals surface area contributed by atoms with Gasteiger partial charge in [-0.05, 0) is 42.8 Å². The van der Waals surface area contributed by atoms with Crippen LogP contribution in [0, 0.1) is 0 Å². The van der Waals surface area contributed by atoms with E-state index in [0.29, 0.717) is 28.1 Å². The molecule has 7 heteroatoms. The van der Waals surface area contributed by atoms with Crippen LogP contribution in [-0.2, 0) is 0 Å². The normalized spacial score (nSPS) is 11.7. The first-order valence-electron chi connectivity index (χ1n) is 10.1. The van der Waals surface area contributed by atoms with Crippen LogP contribution in [0.5, 0.6) is 11.5 Å². The predicted octanol–water partition coefficient (Wildman–Crippen LogP) is 4.23. The van der Waals surface area contributed by atoms with E-state index >= 15 is 0 Å². The number of ether oxygens (including phenoxy) is 2. The molecular formula is C25H23N3O4. The first-order chi connectivity index (χ1) is 15.5. The first-order valence-corrected chi connectivity index (χ1v) is 10.1. The maximum atomic E-state index is 13.5. The molecule has 1 atom stereocenters. The summed E-state index contributed by atoms with van der Waals surface area (Å²) in [5.41, 5.74) is 2.40. The minimum atomic E-state index is -0.439. The van der Waals surface area contributed by atoms with E-state index in [4.69, 9.17) is 9.47 Å². The van der Waals surface area contributed by atoms with Gasteiger partial charge in [0.15, 0.2) is 11.5 Å². The highest BCUT2D eigenvalue weighted by atomic mass is 16.5. The third-order valence-corrected chi connectivity index (χ3v) is 5.24. The Balaban J connectivity index is 1.75. The Kier molecular flexibility index (Phi) is 5.89. The summed E-state index contributed by atoms with van der Waals surface area (Å²) in [6, 6.07) is 21.4. The van der Waals surface area contributed by atoms with Crippen LogP contribution in [0.25, 0.3) is 11.0 Å². The molecule has 0 saturated carbocycles. The second-order valence-electron chi connectivity index (χ2n) is 7.24. The van der Waals surface area contributed by atoms with Crippen molar-refractivity contribution in [2.75, 3.05) is 14.2 Å². The number of para-hydroxylation sites is 2. The smallest absolute Gasteiger partial charge is 0.288 e. The van der Waals surface area contributed by atoms with E-state index in [0.717, 1.165) is 5.56 Å². The highest BCUT2D eigenvalue weighted by Gasteiger charge is 2.25. The summed E-state index contributed by atoms with van der Waals surface area (Å²) < 4.78 is 11.9. The topological polar surface area (TPSA) is 82.5 Å². The molecule has 0 aliphatic carbocycles. The summed E-state index contributed by atoms with van der Waals surface area (Å²) in [4.78, 5) is 31.2. The fraction of sp³-hybridized carbons (Fsp3) is 0.160. The standard InChI is InChI=1S/C25H23N3O4/c1-16(17-9-5-4-6-10-17)26-24(29)23-27-19-11-7-8-12-20(19)28(23)25(30)18-13-14-21(31-2)22(15-18)32-3/h4-16H,1-3H3,(H,26,29). The lowest BCUT2D eigenvalue weighted by atomic mass is 10.1. The van der Waals surface area contributed by atoms with Gasteiger partial charge in [-0.15, -0.1) is 0 Å².